The second-order valence-electron chi connectivity index (χ2n) is 8.60. The van der Waals surface area contributed by atoms with Gasteiger partial charge in [-0.2, -0.15) is 0 Å². The molecule has 3 rings (SSSR count). The number of anilines is 1. The lowest BCUT2D eigenvalue weighted by molar-refractivity contribution is -0.136. The third-order valence-corrected chi connectivity index (χ3v) is 5.01. The van der Waals surface area contributed by atoms with E-state index in [1.54, 1.807) is 0 Å². The molecule has 1 N–H and O–H groups in total. The second-order valence-corrected chi connectivity index (χ2v) is 8.60. The lowest BCUT2D eigenvalue weighted by Gasteiger charge is -2.38. The minimum atomic E-state index is -0.345. The summed E-state index contributed by atoms with van der Waals surface area (Å²) in [6.45, 7) is 10.3. The maximum atomic E-state index is 13.2. The number of hydrogen-bond acceptors (Lipinski definition) is 4. The first-order valence-corrected chi connectivity index (χ1v) is 10.4. The fraction of sp³-hybridized carbons (Fsp3) is 0.458. The Morgan fingerprint density at radius 3 is 2.14 bits per heavy atom. The van der Waals surface area contributed by atoms with Gasteiger partial charge in [0.25, 0.3) is 0 Å². The Bertz CT molecular complexity index is 751. The molecule has 1 saturated heterocycles. The fourth-order valence-corrected chi connectivity index (χ4v) is 3.61. The van der Waals surface area contributed by atoms with Gasteiger partial charge in [0.05, 0.1) is 13.2 Å². The number of ether oxygens (including phenoxy) is 1. The van der Waals surface area contributed by atoms with Crippen molar-refractivity contribution in [2.45, 2.75) is 39.0 Å². The van der Waals surface area contributed by atoms with Gasteiger partial charge in [0.15, 0.2) is 0 Å². The van der Waals surface area contributed by atoms with E-state index in [2.05, 4.69) is 55.3 Å². The van der Waals surface area contributed by atoms with Gasteiger partial charge in [0, 0.05) is 37.4 Å². The summed E-state index contributed by atoms with van der Waals surface area (Å²) in [6.07, 6.45) is 0. The van der Waals surface area contributed by atoms with Crippen molar-refractivity contribution in [1.29, 1.82) is 0 Å². The van der Waals surface area contributed by atoms with E-state index in [1.165, 1.54) is 5.69 Å². The highest BCUT2D eigenvalue weighted by molar-refractivity contribution is 5.82. The van der Waals surface area contributed by atoms with Crippen molar-refractivity contribution in [3.8, 4) is 0 Å². The molecule has 1 atom stereocenters. The number of rotatable bonds is 7. The molecule has 0 radical (unpaired) electrons. The van der Waals surface area contributed by atoms with E-state index in [1.807, 2.05) is 41.3 Å². The Morgan fingerprint density at radius 2 is 1.55 bits per heavy atom. The zero-order valence-corrected chi connectivity index (χ0v) is 17.8. The van der Waals surface area contributed by atoms with E-state index in [0.717, 1.165) is 31.7 Å². The Labute approximate surface area is 174 Å². The molecular formula is C24H33N3O2. The summed E-state index contributed by atoms with van der Waals surface area (Å²) in [4.78, 5) is 17.5. The van der Waals surface area contributed by atoms with Crippen molar-refractivity contribution in [2.24, 2.45) is 0 Å². The van der Waals surface area contributed by atoms with Crippen LogP contribution in [-0.2, 0) is 16.1 Å². The molecule has 0 aliphatic carbocycles. The van der Waals surface area contributed by atoms with Crippen LogP contribution in [0.4, 0.5) is 5.69 Å². The lowest BCUT2D eigenvalue weighted by Crippen LogP contribution is -2.58. The molecule has 0 bridgehead atoms. The van der Waals surface area contributed by atoms with Crippen molar-refractivity contribution in [3.63, 3.8) is 0 Å². The molecule has 1 aliphatic heterocycles. The van der Waals surface area contributed by atoms with Crippen molar-refractivity contribution < 1.29 is 9.53 Å². The molecule has 1 fully saturated rings. The number of para-hydroxylation sites is 1. The number of hydrogen-bond donors (Lipinski definition) is 1. The van der Waals surface area contributed by atoms with Crippen molar-refractivity contribution in [3.05, 3.63) is 66.2 Å². The zero-order valence-electron chi connectivity index (χ0n) is 17.8. The first-order valence-electron chi connectivity index (χ1n) is 10.4. The smallest absolute Gasteiger partial charge is 0.242 e. The van der Waals surface area contributed by atoms with E-state index < -0.39 is 0 Å². The first kappa shape index (κ1) is 21.3. The van der Waals surface area contributed by atoms with Crippen LogP contribution in [0.15, 0.2) is 60.7 Å². The summed E-state index contributed by atoms with van der Waals surface area (Å²) >= 11 is 0. The minimum Gasteiger partial charge on any atom is -0.375 e. The molecule has 5 nitrogen and oxygen atoms in total. The Kier molecular flexibility index (Phi) is 7.29. The van der Waals surface area contributed by atoms with Gasteiger partial charge in [0.2, 0.25) is 5.91 Å². The number of carbonyl (C=O) groups excluding carboxylic acids is 1. The van der Waals surface area contributed by atoms with Crippen LogP contribution in [0.1, 0.15) is 26.3 Å². The zero-order chi connectivity index (χ0) is 20.7. The maximum absolute atomic E-state index is 13.2. The van der Waals surface area contributed by atoms with Crippen molar-refractivity contribution >= 4 is 11.6 Å². The highest BCUT2D eigenvalue weighted by atomic mass is 16.5. The van der Waals surface area contributed by atoms with E-state index in [0.29, 0.717) is 13.2 Å². The fourth-order valence-electron chi connectivity index (χ4n) is 3.61. The molecular weight excluding hydrogens is 362 g/mol. The summed E-state index contributed by atoms with van der Waals surface area (Å²) in [6, 6.07) is 20.1. The van der Waals surface area contributed by atoms with Crippen LogP contribution >= 0.6 is 0 Å². The van der Waals surface area contributed by atoms with Crippen molar-refractivity contribution in [2.75, 3.05) is 37.7 Å². The molecule has 1 aliphatic rings. The molecule has 2 aromatic rings. The average Bonchev–Trinajstić information content (AvgIpc) is 2.73. The summed E-state index contributed by atoms with van der Waals surface area (Å²) < 4.78 is 5.91. The predicted molar refractivity (Wildman–Crippen MR) is 118 cm³/mol. The van der Waals surface area contributed by atoms with Crippen LogP contribution in [-0.4, -0.2) is 55.2 Å². The highest BCUT2D eigenvalue weighted by Gasteiger charge is 2.30. The van der Waals surface area contributed by atoms with Gasteiger partial charge in [-0.05, 0) is 38.5 Å². The van der Waals surface area contributed by atoms with E-state index in [-0.39, 0.29) is 17.5 Å². The van der Waals surface area contributed by atoms with Gasteiger partial charge in [-0.1, -0.05) is 48.5 Å². The molecule has 2 aromatic carbocycles. The molecule has 0 saturated carbocycles. The summed E-state index contributed by atoms with van der Waals surface area (Å²) in [5, 5.41) is 3.45. The predicted octanol–water partition coefficient (Wildman–Crippen LogP) is 3.31. The first-order chi connectivity index (χ1) is 13.9. The third kappa shape index (κ3) is 6.58. The van der Waals surface area contributed by atoms with Gasteiger partial charge in [-0.15, -0.1) is 0 Å². The SMILES string of the molecule is CC(C)(C)N[C@H](COCc1ccccc1)C(=O)N1CCN(c2ccccc2)CC1. The highest BCUT2D eigenvalue weighted by Crippen LogP contribution is 2.16. The van der Waals surface area contributed by atoms with Gasteiger partial charge in [0.1, 0.15) is 6.04 Å². The van der Waals surface area contributed by atoms with Gasteiger partial charge in [-0.25, -0.2) is 0 Å². The van der Waals surface area contributed by atoms with Crippen molar-refractivity contribution in [1.82, 2.24) is 10.2 Å². The third-order valence-electron chi connectivity index (χ3n) is 5.01. The van der Waals surface area contributed by atoms with E-state index in [9.17, 15) is 4.79 Å². The van der Waals surface area contributed by atoms with Crippen LogP contribution in [0.25, 0.3) is 0 Å². The van der Waals surface area contributed by atoms with E-state index >= 15 is 0 Å². The molecule has 156 valence electrons. The second kappa shape index (κ2) is 9.90. The van der Waals surface area contributed by atoms with Crippen LogP contribution < -0.4 is 10.2 Å². The average molecular weight is 396 g/mol. The topological polar surface area (TPSA) is 44.8 Å². The van der Waals surface area contributed by atoms with Gasteiger partial charge >= 0.3 is 0 Å². The monoisotopic (exact) mass is 395 g/mol. The summed E-state index contributed by atoms with van der Waals surface area (Å²) in [7, 11) is 0. The standard InChI is InChI=1S/C24H33N3O2/c1-24(2,3)25-22(19-29-18-20-10-6-4-7-11-20)23(28)27-16-14-26(15-17-27)21-12-8-5-9-13-21/h4-13,22,25H,14-19H2,1-3H3/t22-/m1/s1. The number of piperazine rings is 1. The Balaban J connectivity index is 1.56. The largest absolute Gasteiger partial charge is 0.375 e. The normalized spacial score (nSPS) is 16.0. The van der Waals surface area contributed by atoms with Gasteiger partial charge < -0.3 is 14.5 Å². The molecule has 1 heterocycles. The number of carbonyl (C=O) groups is 1. The number of amides is 1. The Hall–Kier alpha value is -2.37. The van der Waals surface area contributed by atoms with Gasteiger partial charge in [-0.3, -0.25) is 10.1 Å². The molecule has 0 unspecified atom stereocenters. The van der Waals surface area contributed by atoms with Crippen LogP contribution in [0.5, 0.6) is 0 Å². The summed E-state index contributed by atoms with van der Waals surface area (Å²) in [5.41, 5.74) is 2.17. The van der Waals surface area contributed by atoms with Crippen LogP contribution in [0, 0.1) is 0 Å². The number of benzene rings is 2. The lowest BCUT2D eigenvalue weighted by atomic mass is 10.1. The summed E-state index contributed by atoms with van der Waals surface area (Å²) in [5.74, 6) is 0.126. The quantitative estimate of drug-likeness (QED) is 0.781. The number of nitrogens with one attached hydrogen (secondary N) is 1. The Morgan fingerprint density at radius 1 is 0.966 bits per heavy atom. The maximum Gasteiger partial charge on any atom is 0.242 e. The van der Waals surface area contributed by atoms with Crippen LogP contribution in [0.3, 0.4) is 0 Å². The van der Waals surface area contributed by atoms with Crippen LogP contribution in [0.2, 0.25) is 0 Å². The number of nitrogens with zero attached hydrogens (tertiary/aromatic N) is 2. The minimum absolute atomic E-state index is 0.126. The molecule has 0 spiro atoms. The van der Waals surface area contributed by atoms with E-state index in [4.69, 9.17) is 4.74 Å². The molecule has 0 aromatic heterocycles. The molecule has 29 heavy (non-hydrogen) atoms. The molecule has 1 amide bonds. The molecule has 5 heteroatoms.